The van der Waals surface area contributed by atoms with Gasteiger partial charge in [-0.25, -0.2) is 4.98 Å². The van der Waals surface area contributed by atoms with E-state index in [1.165, 1.54) is 12.3 Å². The Labute approximate surface area is 148 Å². The van der Waals surface area contributed by atoms with Gasteiger partial charge in [0.15, 0.2) is 0 Å². The number of ether oxygens (including phenoxy) is 1. The van der Waals surface area contributed by atoms with Crippen molar-refractivity contribution < 1.29 is 22.7 Å². The van der Waals surface area contributed by atoms with Crippen molar-refractivity contribution >= 4 is 5.91 Å². The van der Waals surface area contributed by atoms with Crippen molar-refractivity contribution in [2.24, 2.45) is 5.92 Å². The van der Waals surface area contributed by atoms with Crippen LogP contribution in [0.25, 0.3) is 0 Å². The van der Waals surface area contributed by atoms with Gasteiger partial charge in [-0.1, -0.05) is 0 Å². The number of alkyl halides is 3. The summed E-state index contributed by atoms with van der Waals surface area (Å²) in [5.41, 5.74) is -0.342. The summed E-state index contributed by atoms with van der Waals surface area (Å²) in [5.74, 6) is -0.568. The molecule has 1 unspecified atom stereocenters. The zero-order valence-corrected chi connectivity index (χ0v) is 13.9. The molecule has 0 spiro atoms. The number of carbonyl (C=O) groups excluding carboxylic acids is 1. The van der Waals surface area contributed by atoms with Crippen LogP contribution in [0.1, 0.15) is 28.8 Å². The van der Waals surface area contributed by atoms with E-state index in [1.807, 2.05) is 0 Å². The molecule has 1 aliphatic rings. The fourth-order valence-electron chi connectivity index (χ4n) is 2.98. The maximum absolute atomic E-state index is 13.0. The molecule has 0 bridgehead atoms. The van der Waals surface area contributed by atoms with Crippen LogP contribution in [-0.4, -0.2) is 40.5 Å². The summed E-state index contributed by atoms with van der Waals surface area (Å²) in [5, 5.41) is 0. The zero-order chi connectivity index (χ0) is 18.6. The molecule has 1 amide bonds. The first-order chi connectivity index (χ1) is 12.4. The lowest BCUT2D eigenvalue weighted by atomic mass is 9.98. The van der Waals surface area contributed by atoms with Crippen molar-refractivity contribution in [2.75, 3.05) is 19.7 Å². The van der Waals surface area contributed by atoms with Crippen LogP contribution < -0.4 is 4.74 Å². The van der Waals surface area contributed by atoms with Gasteiger partial charge in [-0.2, -0.15) is 13.2 Å². The number of pyridine rings is 2. The van der Waals surface area contributed by atoms with E-state index >= 15 is 0 Å². The first-order valence-corrected chi connectivity index (χ1v) is 8.29. The second kappa shape index (κ2) is 7.72. The SMILES string of the molecule is O=C(c1ccncc1)N1CCCC(COc2ncccc2C(F)(F)F)C1. The third-order valence-electron chi connectivity index (χ3n) is 4.27. The van der Waals surface area contributed by atoms with Crippen LogP contribution in [0.5, 0.6) is 5.88 Å². The average Bonchev–Trinajstić information content (AvgIpc) is 2.66. The Morgan fingerprint density at radius 3 is 2.73 bits per heavy atom. The minimum Gasteiger partial charge on any atom is -0.477 e. The highest BCUT2D eigenvalue weighted by Gasteiger charge is 2.35. The molecule has 2 aromatic heterocycles. The maximum Gasteiger partial charge on any atom is 0.421 e. The molecule has 0 radical (unpaired) electrons. The Morgan fingerprint density at radius 1 is 1.23 bits per heavy atom. The Bertz CT molecular complexity index is 753. The molecule has 138 valence electrons. The number of likely N-dealkylation sites (tertiary alicyclic amines) is 1. The van der Waals surface area contributed by atoms with E-state index in [0.29, 0.717) is 18.7 Å². The van der Waals surface area contributed by atoms with Crippen LogP contribution >= 0.6 is 0 Å². The third-order valence-corrected chi connectivity index (χ3v) is 4.27. The second-order valence-corrected chi connectivity index (χ2v) is 6.16. The third kappa shape index (κ3) is 4.30. The van der Waals surface area contributed by atoms with Crippen molar-refractivity contribution in [3.8, 4) is 5.88 Å². The van der Waals surface area contributed by atoms with Gasteiger partial charge in [0.05, 0.1) is 6.61 Å². The van der Waals surface area contributed by atoms with E-state index in [-0.39, 0.29) is 18.4 Å². The van der Waals surface area contributed by atoms with Crippen LogP contribution in [0, 0.1) is 5.92 Å². The zero-order valence-electron chi connectivity index (χ0n) is 13.9. The smallest absolute Gasteiger partial charge is 0.421 e. The molecule has 1 fully saturated rings. The highest BCUT2D eigenvalue weighted by molar-refractivity contribution is 5.94. The number of hydrogen-bond acceptors (Lipinski definition) is 4. The Balaban J connectivity index is 1.62. The molecule has 0 aliphatic carbocycles. The molecular weight excluding hydrogens is 347 g/mol. The summed E-state index contributed by atoms with van der Waals surface area (Å²) in [6.07, 6.45) is 1.42. The molecule has 1 aliphatic heterocycles. The van der Waals surface area contributed by atoms with Gasteiger partial charge in [-0.15, -0.1) is 0 Å². The standard InChI is InChI=1S/C18H18F3N3O2/c19-18(20,21)15-4-1-7-23-16(15)26-12-13-3-2-10-24(11-13)17(25)14-5-8-22-9-6-14/h1,4-9,13H,2-3,10-12H2. The number of nitrogens with zero attached hydrogens (tertiary/aromatic N) is 3. The van der Waals surface area contributed by atoms with Gasteiger partial charge in [-0.05, 0) is 37.1 Å². The van der Waals surface area contributed by atoms with E-state index in [1.54, 1.807) is 29.4 Å². The first kappa shape index (κ1) is 18.2. The number of hydrogen-bond donors (Lipinski definition) is 0. The Morgan fingerprint density at radius 2 is 2.00 bits per heavy atom. The van der Waals surface area contributed by atoms with Crippen LogP contribution in [-0.2, 0) is 6.18 Å². The van der Waals surface area contributed by atoms with Gasteiger partial charge in [0, 0.05) is 43.2 Å². The minimum absolute atomic E-state index is 0.0439. The summed E-state index contributed by atoms with van der Waals surface area (Å²) in [6.45, 7) is 1.14. The molecule has 3 rings (SSSR count). The monoisotopic (exact) mass is 365 g/mol. The lowest BCUT2D eigenvalue weighted by Gasteiger charge is -2.32. The fraction of sp³-hybridized carbons (Fsp3) is 0.389. The molecular formula is C18H18F3N3O2. The lowest BCUT2D eigenvalue weighted by Crippen LogP contribution is -2.41. The fourth-order valence-corrected chi connectivity index (χ4v) is 2.98. The molecule has 5 nitrogen and oxygen atoms in total. The van der Waals surface area contributed by atoms with Crippen molar-refractivity contribution in [3.63, 3.8) is 0 Å². The van der Waals surface area contributed by atoms with Crippen molar-refractivity contribution in [3.05, 3.63) is 54.0 Å². The maximum atomic E-state index is 13.0. The van der Waals surface area contributed by atoms with Crippen LogP contribution in [0.15, 0.2) is 42.9 Å². The topological polar surface area (TPSA) is 55.3 Å². The van der Waals surface area contributed by atoms with Crippen LogP contribution in [0.4, 0.5) is 13.2 Å². The summed E-state index contributed by atoms with van der Waals surface area (Å²) < 4.78 is 44.3. The first-order valence-electron chi connectivity index (χ1n) is 8.29. The largest absolute Gasteiger partial charge is 0.477 e. The van der Waals surface area contributed by atoms with Crippen LogP contribution in [0.3, 0.4) is 0 Å². The van der Waals surface area contributed by atoms with E-state index in [4.69, 9.17) is 4.74 Å². The molecule has 1 atom stereocenters. The summed E-state index contributed by atoms with van der Waals surface area (Å²) in [4.78, 5) is 21.8. The highest BCUT2D eigenvalue weighted by Crippen LogP contribution is 2.35. The molecule has 3 heterocycles. The molecule has 2 aromatic rings. The number of piperidine rings is 1. The van der Waals surface area contributed by atoms with Gasteiger partial charge in [-0.3, -0.25) is 9.78 Å². The van der Waals surface area contributed by atoms with Crippen molar-refractivity contribution in [1.29, 1.82) is 0 Å². The van der Waals surface area contributed by atoms with Gasteiger partial charge >= 0.3 is 6.18 Å². The predicted octanol–water partition coefficient (Wildman–Crippen LogP) is 3.43. The van der Waals surface area contributed by atoms with E-state index in [2.05, 4.69) is 9.97 Å². The summed E-state index contributed by atoms with van der Waals surface area (Å²) in [7, 11) is 0. The number of aromatic nitrogens is 2. The molecule has 0 aromatic carbocycles. The number of rotatable bonds is 4. The molecule has 1 saturated heterocycles. The average molecular weight is 365 g/mol. The van der Waals surface area contributed by atoms with Crippen molar-refractivity contribution in [1.82, 2.24) is 14.9 Å². The Hall–Kier alpha value is -2.64. The normalized spacial score (nSPS) is 17.8. The molecule has 0 saturated carbocycles. The lowest BCUT2D eigenvalue weighted by molar-refractivity contribution is -0.139. The van der Waals surface area contributed by atoms with Crippen molar-refractivity contribution in [2.45, 2.75) is 19.0 Å². The summed E-state index contributed by atoms with van der Waals surface area (Å²) in [6, 6.07) is 5.46. The number of carbonyl (C=O) groups is 1. The van der Waals surface area contributed by atoms with Crippen LogP contribution in [0.2, 0.25) is 0 Å². The van der Waals surface area contributed by atoms with Gasteiger partial charge < -0.3 is 9.64 Å². The minimum atomic E-state index is -4.51. The quantitative estimate of drug-likeness (QED) is 0.833. The number of halogens is 3. The predicted molar refractivity (Wildman–Crippen MR) is 87.6 cm³/mol. The van der Waals surface area contributed by atoms with Gasteiger partial charge in [0.25, 0.3) is 5.91 Å². The second-order valence-electron chi connectivity index (χ2n) is 6.16. The molecule has 8 heteroatoms. The van der Waals surface area contributed by atoms with E-state index in [0.717, 1.165) is 18.9 Å². The summed E-state index contributed by atoms with van der Waals surface area (Å²) >= 11 is 0. The van der Waals surface area contributed by atoms with Gasteiger partial charge in [0.2, 0.25) is 5.88 Å². The molecule has 26 heavy (non-hydrogen) atoms. The van der Waals surface area contributed by atoms with E-state index in [9.17, 15) is 18.0 Å². The Kier molecular flexibility index (Phi) is 5.39. The molecule has 0 N–H and O–H groups in total. The highest BCUT2D eigenvalue weighted by atomic mass is 19.4. The number of amides is 1. The van der Waals surface area contributed by atoms with E-state index < -0.39 is 17.6 Å². The van der Waals surface area contributed by atoms with Gasteiger partial charge in [0.1, 0.15) is 5.56 Å².